The number of hydrogen-bond acceptors (Lipinski definition) is 4. The van der Waals surface area contributed by atoms with Crippen LogP contribution in [0.1, 0.15) is 18.4 Å². The van der Waals surface area contributed by atoms with Gasteiger partial charge in [0.05, 0.1) is 28.8 Å². The van der Waals surface area contributed by atoms with Crippen LogP contribution in [0.5, 0.6) is 0 Å². The quantitative estimate of drug-likeness (QED) is 0.663. The molecule has 2 aliphatic heterocycles. The Kier molecular flexibility index (Phi) is 8.43. The molecule has 6 nitrogen and oxygen atoms in total. The van der Waals surface area contributed by atoms with E-state index in [-0.39, 0.29) is 30.8 Å². The van der Waals surface area contributed by atoms with Crippen molar-refractivity contribution in [2.45, 2.75) is 25.3 Å². The number of piperazine rings is 1. The minimum absolute atomic E-state index is 0. The molecule has 1 aromatic carbocycles. The van der Waals surface area contributed by atoms with Gasteiger partial charge in [0.2, 0.25) is 15.9 Å². The third kappa shape index (κ3) is 5.97. The van der Waals surface area contributed by atoms with E-state index in [9.17, 15) is 13.2 Å². The molecule has 0 aromatic heterocycles. The minimum atomic E-state index is -3.27. The number of nitrogens with zero attached hydrogens (tertiary/aromatic N) is 3. The van der Waals surface area contributed by atoms with E-state index < -0.39 is 10.0 Å². The summed E-state index contributed by atoms with van der Waals surface area (Å²) >= 11 is 12.0. The van der Waals surface area contributed by atoms with Gasteiger partial charge >= 0.3 is 0 Å². The predicted octanol–water partition coefficient (Wildman–Crippen LogP) is 2.53. The summed E-state index contributed by atoms with van der Waals surface area (Å²) in [5, 5.41) is 0.888. The smallest absolute Gasteiger partial charge is 0.227 e. The van der Waals surface area contributed by atoms with E-state index in [4.69, 9.17) is 23.2 Å². The van der Waals surface area contributed by atoms with Crippen LogP contribution in [-0.2, 0) is 21.2 Å². The van der Waals surface area contributed by atoms with Crippen molar-refractivity contribution < 1.29 is 13.2 Å². The fourth-order valence-corrected chi connectivity index (χ4v) is 4.98. The highest BCUT2D eigenvalue weighted by Gasteiger charge is 2.35. The summed E-state index contributed by atoms with van der Waals surface area (Å²) in [4.78, 5) is 17.1. The molecule has 2 saturated heterocycles. The average Bonchev–Trinajstić information content (AvgIpc) is 3.10. The average molecular weight is 471 g/mol. The molecule has 0 unspecified atom stereocenters. The lowest BCUT2D eigenvalue weighted by atomic mass is 10.1. The van der Waals surface area contributed by atoms with Crippen molar-refractivity contribution >= 4 is 51.5 Å². The van der Waals surface area contributed by atoms with E-state index in [1.807, 2.05) is 4.90 Å². The third-order valence-electron chi connectivity index (χ3n) is 5.24. The Morgan fingerprint density at radius 2 is 1.79 bits per heavy atom. The van der Waals surface area contributed by atoms with E-state index in [0.717, 1.165) is 31.5 Å². The molecular weight excluding hydrogens is 445 g/mol. The van der Waals surface area contributed by atoms with Gasteiger partial charge in [0.15, 0.2) is 0 Å². The summed E-state index contributed by atoms with van der Waals surface area (Å²) < 4.78 is 25.5. The molecule has 0 spiro atoms. The SMILES string of the molecule is CS(=O)(=O)N1CCN(C(=O)Cc2ccc(Cl)c(Cl)c2)[C@@H](CN2CCCC2)C1.Cl. The topological polar surface area (TPSA) is 60.9 Å². The number of amides is 1. The first-order valence-electron chi connectivity index (χ1n) is 9.15. The van der Waals surface area contributed by atoms with Crippen LogP contribution in [0.15, 0.2) is 18.2 Å². The minimum Gasteiger partial charge on any atom is -0.335 e. The summed E-state index contributed by atoms with van der Waals surface area (Å²) in [6.07, 6.45) is 3.76. The molecule has 28 heavy (non-hydrogen) atoms. The maximum atomic E-state index is 13.0. The molecule has 1 amide bonds. The Morgan fingerprint density at radius 3 is 2.39 bits per heavy atom. The monoisotopic (exact) mass is 469 g/mol. The van der Waals surface area contributed by atoms with Gasteiger partial charge in [-0.2, -0.15) is 4.31 Å². The van der Waals surface area contributed by atoms with Crippen LogP contribution in [0.25, 0.3) is 0 Å². The lowest BCUT2D eigenvalue weighted by molar-refractivity contribution is -0.135. The van der Waals surface area contributed by atoms with Crippen molar-refractivity contribution in [1.29, 1.82) is 0 Å². The van der Waals surface area contributed by atoms with E-state index in [1.54, 1.807) is 18.2 Å². The van der Waals surface area contributed by atoms with Crippen LogP contribution in [-0.4, -0.2) is 80.0 Å². The molecule has 0 aliphatic carbocycles. The number of rotatable bonds is 5. The highest BCUT2D eigenvalue weighted by atomic mass is 35.5. The van der Waals surface area contributed by atoms with Crippen molar-refractivity contribution in [3.8, 4) is 0 Å². The number of hydrogen-bond donors (Lipinski definition) is 0. The fraction of sp³-hybridized carbons (Fsp3) is 0.611. The lowest BCUT2D eigenvalue weighted by Gasteiger charge is -2.42. The Hall–Kier alpha value is -0.570. The first-order chi connectivity index (χ1) is 12.7. The molecule has 158 valence electrons. The molecule has 1 aromatic rings. The predicted molar refractivity (Wildman–Crippen MR) is 115 cm³/mol. The second-order valence-electron chi connectivity index (χ2n) is 7.29. The van der Waals surface area contributed by atoms with Crippen LogP contribution < -0.4 is 0 Å². The first kappa shape index (κ1) is 23.7. The highest BCUT2D eigenvalue weighted by molar-refractivity contribution is 7.88. The lowest BCUT2D eigenvalue weighted by Crippen LogP contribution is -2.59. The molecule has 1 atom stereocenters. The zero-order valence-corrected chi connectivity index (χ0v) is 19.0. The number of benzene rings is 1. The summed E-state index contributed by atoms with van der Waals surface area (Å²) in [7, 11) is -3.27. The molecule has 2 aliphatic rings. The van der Waals surface area contributed by atoms with Crippen LogP contribution in [0.4, 0.5) is 0 Å². The van der Waals surface area contributed by atoms with Gasteiger partial charge in [-0.25, -0.2) is 8.42 Å². The maximum Gasteiger partial charge on any atom is 0.227 e. The van der Waals surface area contributed by atoms with Gasteiger partial charge in [-0.15, -0.1) is 12.4 Å². The van der Waals surface area contributed by atoms with Crippen LogP contribution in [0, 0.1) is 0 Å². The van der Waals surface area contributed by atoms with Gasteiger partial charge in [-0.05, 0) is 43.6 Å². The molecular formula is C18H26Cl3N3O3S. The standard InChI is InChI=1S/C18H25Cl2N3O3S.ClH/c1-27(25,26)22-8-9-23(15(13-22)12-21-6-2-3-7-21)18(24)11-14-4-5-16(19)17(20)10-14;/h4-5,10,15H,2-3,6-9,11-13H2,1H3;1H/t15-;/m0./s1. The van der Waals surface area contributed by atoms with Crippen LogP contribution >= 0.6 is 35.6 Å². The molecule has 3 rings (SSSR count). The molecule has 10 heteroatoms. The zero-order valence-electron chi connectivity index (χ0n) is 15.8. The summed E-state index contributed by atoms with van der Waals surface area (Å²) in [6, 6.07) is 5.07. The van der Waals surface area contributed by atoms with Gasteiger partial charge in [-0.1, -0.05) is 29.3 Å². The Balaban J connectivity index is 0.00000280. The number of carbonyl (C=O) groups is 1. The summed E-state index contributed by atoms with van der Waals surface area (Å²) in [5.74, 6) is -0.00858. The van der Waals surface area contributed by atoms with Crippen LogP contribution in [0.3, 0.4) is 0 Å². The Bertz CT molecular complexity index is 801. The van der Waals surface area contributed by atoms with E-state index >= 15 is 0 Å². The number of sulfonamides is 1. The van der Waals surface area contributed by atoms with E-state index in [1.165, 1.54) is 10.6 Å². The van der Waals surface area contributed by atoms with Crippen molar-refractivity contribution in [1.82, 2.24) is 14.1 Å². The van der Waals surface area contributed by atoms with Crippen LogP contribution in [0.2, 0.25) is 10.0 Å². The summed E-state index contributed by atoms with van der Waals surface area (Å²) in [6.45, 7) is 3.81. The van der Waals surface area contributed by atoms with Crippen molar-refractivity contribution in [2.75, 3.05) is 45.5 Å². The van der Waals surface area contributed by atoms with E-state index in [0.29, 0.717) is 36.2 Å². The number of carbonyl (C=O) groups excluding carboxylic acids is 1. The third-order valence-corrected chi connectivity index (χ3v) is 7.25. The fourth-order valence-electron chi connectivity index (χ4n) is 3.80. The summed E-state index contributed by atoms with van der Waals surface area (Å²) in [5.41, 5.74) is 0.805. The second kappa shape index (κ2) is 9.96. The van der Waals surface area contributed by atoms with E-state index in [2.05, 4.69) is 4.90 Å². The molecule has 0 saturated carbocycles. The Morgan fingerprint density at radius 1 is 1.11 bits per heavy atom. The molecule has 0 radical (unpaired) electrons. The van der Waals surface area contributed by atoms with Gasteiger partial charge in [0.25, 0.3) is 0 Å². The van der Waals surface area contributed by atoms with Crippen molar-refractivity contribution in [3.63, 3.8) is 0 Å². The van der Waals surface area contributed by atoms with Gasteiger partial charge in [-0.3, -0.25) is 4.79 Å². The molecule has 0 bridgehead atoms. The second-order valence-corrected chi connectivity index (χ2v) is 10.1. The number of likely N-dealkylation sites (tertiary alicyclic amines) is 1. The van der Waals surface area contributed by atoms with Gasteiger partial charge < -0.3 is 9.80 Å². The maximum absolute atomic E-state index is 13.0. The molecule has 2 heterocycles. The Labute approximate surface area is 183 Å². The van der Waals surface area contributed by atoms with Crippen molar-refractivity contribution in [3.05, 3.63) is 33.8 Å². The highest BCUT2D eigenvalue weighted by Crippen LogP contribution is 2.24. The largest absolute Gasteiger partial charge is 0.335 e. The van der Waals surface area contributed by atoms with Crippen molar-refractivity contribution in [2.24, 2.45) is 0 Å². The van der Waals surface area contributed by atoms with Gasteiger partial charge in [0, 0.05) is 26.2 Å². The first-order valence-corrected chi connectivity index (χ1v) is 11.8. The molecule has 2 fully saturated rings. The van der Waals surface area contributed by atoms with Gasteiger partial charge in [0.1, 0.15) is 0 Å². The number of halogens is 3. The normalized spacial score (nSPS) is 21.5. The zero-order chi connectivity index (χ0) is 19.6. The molecule has 0 N–H and O–H groups in total.